The van der Waals surface area contributed by atoms with E-state index in [2.05, 4.69) is 187 Å². The minimum absolute atomic E-state index is 0. The van der Waals surface area contributed by atoms with E-state index in [1.54, 1.807) is 0 Å². The fourth-order valence-corrected chi connectivity index (χ4v) is 23.6. The summed E-state index contributed by atoms with van der Waals surface area (Å²) in [6, 6.07) is 17.9. The van der Waals surface area contributed by atoms with E-state index in [1.165, 1.54) is 140 Å². The Kier molecular flexibility index (Phi) is 56.7. The number of hydrogen-bond donors (Lipinski definition) is 0. The second-order valence-electron chi connectivity index (χ2n) is 43.6. The molecule has 8 aromatic carbocycles. The standard InChI is InChI=1S/4C34H50O3.Mo/c4*1-6-11-16-24-21-22-25-23-30-31(34(35)36)28(19-14-9-4)27(18-13-8-3)29(20-15-10-5)33(30)37-32(25)26(24)17-12-7-2;/h4*21-22H,6-20,23H2,1-5H3,(H,35,36);/q;;;;+4/p-4. The molecule has 0 spiro atoms. The molecule has 149 heavy (non-hydrogen) atoms. The van der Waals surface area contributed by atoms with Gasteiger partial charge in [0.25, 0.3) is 0 Å². The smallest absolute Gasteiger partial charge is 0.545 e. The van der Waals surface area contributed by atoms with E-state index >= 15 is 0 Å². The molecule has 0 atom stereocenters. The minimum Gasteiger partial charge on any atom is -0.545 e. The number of hydrogen-bond acceptors (Lipinski definition) is 12. The number of carboxylic acid groups (broad SMARTS) is 4. The van der Waals surface area contributed by atoms with Crippen molar-refractivity contribution in [1.82, 2.24) is 0 Å². The number of carboxylic acids is 4. The molecule has 0 unspecified atom stereocenters. The summed E-state index contributed by atoms with van der Waals surface area (Å²) in [5.74, 6) is 3.26. The fourth-order valence-electron chi connectivity index (χ4n) is 23.6. The third-order valence-electron chi connectivity index (χ3n) is 32.1. The topological polar surface area (TPSA) is 197 Å². The van der Waals surface area contributed by atoms with Gasteiger partial charge in [-0.1, -0.05) is 315 Å². The van der Waals surface area contributed by atoms with Crippen molar-refractivity contribution in [2.75, 3.05) is 0 Å². The Labute approximate surface area is 919 Å². The maximum atomic E-state index is 12.7. The predicted molar refractivity (Wildman–Crippen MR) is 613 cm³/mol. The Morgan fingerprint density at radius 1 is 0.174 bits per heavy atom. The van der Waals surface area contributed by atoms with Crippen LogP contribution in [0.2, 0.25) is 0 Å². The van der Waals surface area contributed by atoms with Gasteiger partial charge in [-0.25, -0.2) is 0 Å². The summed E-state index contributed by atoms with van der Waals surface area (Å²) in [5, 5.41) is 50.9. The first-order chi connectivity index (χ1) is 72.1. The number of ether oxygens (including phenoxy) is 4. The van der Waals surface area contributed by atoms with Crippen LogP contribution in [0.4, 0.5) is 0 Å². The van der Waals surface area contributed by atoms with Gasteiger partial charge in [-0.15, -0.1) is 0 Å². The number of carbonyl (C=O) groups is 4. The maximum absolute atomic E-state index is 12.7. The molecule has 8 aromatic rings. The Balaban J connectivity index is 0.000000241. The molecule has 0 amide bonds. The average molecular weight is 2120 g/mol. The van der Waals surface area contributed by atoms with E-state index in [0.717, 1.165) is 447 Å². The molecule has 4 heterocycles. The zero-order chi connectivity index (χ0) is 107. The van der Waals surface area contributed by atoms with Gasteiger partial charge in [0.05, 0.1) is 23.9 Å². The van der Waals surface area contributed by atoms with E-state index < -0.39 is 23.9 Å². The van der Waals surface area contributed by atoms with Crippen LogP contribution in [0.15, 0.2) is 48.5 Å². The third-order valence-corrected chi connectivity index (χ3v) is 32.1. The summed E-state index contributed by atoms with van der Waals surface area (Å²) in [6.07, 6.45) is 65.4. The van der Waals surface area contributed by atoms with Crippen molar-refractivity contribution in [3.05, 3.63) is 227 Å². The zero-order valence-electron chi connectivity index (χ0n) is 97.2. The van der Waals surface area contributed by atoms with E-state index in [4.69, 9.17) is 18.9 Å². The molecule has 4 aliphatic heterocycles. The molecule has 12 nitrogen and oxygen atoms in total. The Hall–Kier alpha value is -8.47. The number of aryl methyl sites for hydroxylation is 4. The van der Waals surface area contributed by atoms with Crippen LogP contribution >= 0.6 is 0 Å². The predicted octanol–water partition coefficient (Wildman–Crippen LogP) is 33.8. The number of carbonyl (C=O) groups excluding carboxylic acids is 4. The quantitative estimate of drug-likeness (QED) is 0.0327. The molecule has 12 rings (SSSR count). The maximum Gasteiger partial charge on any atom is 4.00 e. The normalized spacial score (nSPS) is 12.2. The van der Waals surface area contributed by atoms with Crippen LogP contribution in [0.1, 0.15) is 593 Å². The molecule has 0 bridgehead atoms. The van der Waals surface area contributed by atoms with Gasteiger partial charge in [0.15, 0.2) is 0 Å². The number of benzene rings is 8. The van der Waals surface area contributed by atoms with Crippen molar-refractivity contribution in [3.8, 4) is 46.0 Å². The van der Waals surface area contributed by atoms with Crippen molar-refractivity contribution in [3.63, 3.8) is 0 Å². The molecule has 4 aliphatic rings. The summed E-state index contributed by atoms with van der Waals surface area (Å²) in [4.78, 5) is 50.9. The van der Waals surface area contributed by atoms with Crippen LogP contribution < -0.4 is 39.4 Å². The summed E-state index contributed by atoms with van der Waals surface area (Å²) in [5.41, 5.74) is 34.8. The van der Waals surface area contributed by atoms with E-state index in [-0.39, 0.29) is 21.1 Å². The first-order valence-corrected chi connectivity index (χ1v) is 61.0. The molecular formula is C136H196MoO12. The van der Waals surface area contributed by atoms with Crippen LogP contribution in [0, 0.1) is 0 Å². The molecule has 0 aromatic heterocycles. The number of rotatable bonds is 64. The van der Waals surface area contributed by atoms with Gasteiger partial charge in [-0.2, -0.15) is 0 Å². The van der Waals surface area contributed by atoms with Gasteiger partial charge in [0.1, 0.15) is 46.0 Å². The summed E-state index contributed by atoms with van der Waals surface area (Å²) < 4.78 is 27.7. The second kappa shape index (κ2) is 67.3. The third kappa shape index (κ3) is 32.8. The molecule has 0 aliphatic carbocycles. The average Bonchev–Trinajstić information content (AvgIpc) is 0.747. The summed E-state index contributed by atoms with van der Waals surface area (Å²) in [7, 11) is 0. The molecule has 818 valence electrons. The fraction of sp³-hybridized carbons (Fsp3) is 0.618. The van der Waals surface area contributed by atoms with Crippen molar-refractivity contribution < 1.29 is 79.6 Å². The number of unbranched alkanes of at least 4 members (excludes halogenated alkanes) is 20. The zero-order valence-corrected chi connectivity index (χ0v) is 99.2. The molecule has 0 saturated carbocycles. The van der Waals surface area contributed by atoms with Gasteiger partial charge >= 0.3 is 21.1 Å². The second-order valence-corrected chi connectivity index (χ2v) is 43.6. The largest absolute Gasteiger partial charge is 4.00 e. The Morgan fingerprint density at radius 3 is 0.443 bits per heavy atom. The number of fused-ring (bicyclic) bond motifs is 8. The van der Waals surface area contributed by atoms with E-state index in [1.807, 2.05) is 0 Å². The number of aromatic carboxylic acids is 4. The van der Waals surface area contributed by atoms with Crippen molar-refractivity contribution in [1.29, 1.82) is 0 Å². The first kappa shape index (κ1) is 126. The van der Waals surface area contributed by atoms with Crippen LogP contribution in [0.3, 0.4) is 0 Å². The van der Waals surface area contributed by atoms with Crippen LogP contribution in [-0.2, 0) is 175 Å². The van der Waals surface area contributed by atoms with Gasteiger partial charge in [-0.3, -0.25) is 0 Å². The Morgan fingerprint density at radius 2 is 0.302 bits per heavy atom. The van der Waals surface area contributed by atoms with Gasteiger partial charge in [0.2, 0.25) is 0 Å². The first-order valence-electron chi connectivity index (χ1n) is 61.0. The van der Waals surface area contributed by atoms with Crippen molar-refractivity contribution in [2.45, 2.75) is 549 Å². The van der Waals surface area contributed by atoms with Crippen molar-refractivity contribution in [2.24, 2.45) is 0 Å². The van der Waals surface area contributed by atoms with E-state index in [9.17, 15) is 39.6 Å². The summed E-state index contributed by atoms with van der Waals surface area (Å²) in [6.45, 7) is 44.4. The monoisotopic (exact) mass is 2120 g/mol. The molecule has 13 heteroatoms. The van der Waals surface area contributed by atoms with Gasteiger partial charge < -0.3 is 58.6 Å². The van der Waals surface area contributed by atoms with Crippen LogP contribution in [0.5, 0.6) is 46.0 Å². The molecule has 0 fully saturated rings. The summed E-state index contributed by atoms with van der Waals surface area (Å²) >= 11 is 0. The Bertz CT molecular complexity index is 4880. The molecular weight excluding hydrogens is 1920 g/mol. The van der Waals surface area contributed by atoms with Crippen molar-refractivity contribution >= 4 is 23.9 Å². The van der Waals surface area contributed by atoms with E-state index in [0.29, 0.717) is 47.9 Å². The SMILES string of the molecule is CCCCc1ccc2c(c1CCCC)Oc1c(CCCC)c(CCCC)c(CCCC)c(C(=O)[O-])c1C2.CCCCc1ccc2c(c1CCCC)Oc1c(CCCC)c(CCCC)c(CCCC)c(C(=O)[O-])c1C2.CCCCc1ccc2c(c1CCCC)Oc1c(CCCC)c(CCCC)c(CCCC)c(C(=O)[O-])c1C2.CCCCc1ccc2c(c1CCCC)Oc1c(CCCC)c(CCCC)c(CCCC)c(C(=O)[O-])c1C2.[Mo+4]. The van der Waals surface area contributed by atoms with Crippen LogP contribution in [-0.4, -0.2) is 23.9 Å². The van der Waals surface area contributed by atoms with Crippen LogP contribution in [0.25, 0.3) is 0 Å². The molecule has 0 radical (unpaired) electrons. The molecule has 0 N–H and O–H groups in total. The molecule has 0 saturated heterocycles. The van der Waals surface area contributed by atoms with Gasteiger partial charge in [0, 0.05) is 70.2 Å². The minimum atomic E-state index is -1.04. The van der Waals surface area contributed by atoms with Gasteiger partial charge in [-0.05, 0) is 390 Å².